The molecule has 10 heteroatoms. The third kappa shape index (κ3) is 12.2. The van der Waals surface area contributed by atoms with Gasteiger partial charge in [-0.2, -0.15) is 0 Å². The summed E-state index contributed by atoms with van der Waals surface area (Å²) >= 11 is 0. The zero-order chi connectivity index (χ0) is 46.4. The van der Waals surface area contributed by atoms with Gasteiger partial charge in [-0.15, -0.1) is 0 Å². The van der Waals surface area contributed by atoms with Crippen LogP contribution in [0.1, 0.15) is 98.6 Å². The minimum absolute atomic E-state index is 0.159. The van der Waals surface area contributed by atoms with E-state index in [1.165, 1.54) is 24.3 Å². The monoisotopic (exact) mass is 886 g/mol. The SMILES string of the molecule is CCCC[C@H](C)CNC(=O)c1nc2cc(-c3ccc(F)cc3)ccc2n1Cc1ccccc1.CCCC[C@H](C)CNC(=O)c1nc2ccc(-c3ccc(F)cc3)cc2n1Cc1ccccc1. The lowest BCUT2D eigenvalue weighted by atomic mass is 10.0. The number of nitrogens with one attached hydrogen (secondary N) is 2. The third-order valence-electron chi connectivity index (χ3n) is 11.9. The highest BCUT2D eigenvalue weighted by atomic mass is 19.1. The number of carbonyl (C=O) groups excluding carboxylic acids is 2. The molecule has 0 unspecified atom stereocenters. The first kappa shape index (κ1) is 47.0. The molecular formula is C56H60F2N6O2. The maximum absolute atomic E-state index is 13.4. The molecule has 0 fully saturated rings. The Balaban J connectivity index is 0.000000196. The number of hydrogen-bond acceptors (Lipinski definition) is 4. The van der Waals surface area contributed by atoms with E-state index in [-0.39, 0.29) is 23.4 Å². The first-order chi connectivity index (χ1) is 32.1. The molecule has 2 atom stereocenters. The first-order valence-corrected chi connectivity index (χ1v) is 23.3. The Morgan fingerprint density at radius 2 is 0.939 bits per heavy atom. The normalized spacial score (nSPS) is 12.1. The maximum atomic E-state index is 13.4. The van der Waals surface area contributed by atoms with Gasteiger partial charge in [-0.1, -0.05) is 150 Å². The van der Waals surface area contributed by atoms with E-state index < -0.39 is 0 Å². The maximum Gasteiger partial charge on any atom is 0.287 e. The second-order valence-corrected chi connectivity index (χ2v) is 17.3. The van der Waals surface area contributed by atoms with Crippen molar-refractivity contribution in [1.82, 2.24) is 29.7 Å². The van der Waals surface area contributed by atoms with Gasteiger partial charge in [-0.3, -0.25) is 9.59 Å². The molecule has 0 radical (unpaired) electrons. The Morgan fingerprint density at radius 3 is 1.42 bits per heavy atom. The van der Waals surface area contributed by atoms with Gasteiger partial charge in [0.1, 0.15) is 11.6 Å². The van der Waals surface area contributed by atoms with Crippen LogP contribution >= 0.6 is 0 Å². The number of fused-ring (bicyclic) bond motifs is 2. The van der Waals surface area contributed by atoms with Gasteiger partial charge in [0.25, 0.3) is 11.8 Å². The summed E-state index contributed by atoms with van der Waals surface area (Å²) in [5, 5.41) is 6.17. The molecule has 0 aliphatic heterocycles. The van der Waals surface area contributed by atoms with E-state index in [0.29, 0.717) is 49.7 Å². The molecular weight excluding hydrogens is 827 g/mol. The summed E-state index contributed by atoms with van der Waals surface area (Å²) in [6.07, 6.45) is 6.82. The predicted octanol–water partition coefficient (Wildman–Crippen LogP) is 12.9. The van der Waals surface area contributed by atoms with Gasteiger partial charge in [0.05, 0.1) is 22.1 Å². The quantitative estimate of drug-likeness (QED) is 0.0897. The highest BCUT2D eigenvalue weighted by Crippen LogP contribution is 2.28. The van der Waals surface area contributed by atoms with Crippen LogP contribution in [0.4, 0.5) is 8.78 Å². The molecule has 66 heavy (non-hydrogen) atoms. The number of rotatable bonds is 18. The Labute approximate surface area is 387 Å². The van der Waals surface area contributed by atoms with Crippen molar-refractivity contribution in [3.8, 4) is 22.3 Å². The molecule has 0 saturated heterocycles. The van der Waals surface area contributed by atoms with Crippen molar-refractivity contribution < 1.29 is 18.4 Å². The van der Waals surface area contributed by atoms with Gasteiger partial charge in [0.15, 0.2) is 11.6 Å². The Hall–Kier alpha value is -6.94. The van der Waals surface area contributed by atoms with Crippen molar-refractivity contribution in [3.05, 3.63) is 180 Å². The minimum Gasteiger partial charge on any atom is -0.349 e. The summed E-state index contributed by atoms with van der Waals surface area (Å²) in [4.78, 5) is 35.7. The molecule has 2 amide bonds. The standard InChI is InChI=1S/2C28H30FN3O/c1-3-4-8-20(2)18-30-28(33)27-31-25-17-23(22-11-14-24(29)15-12-22)13-16-26(25)32(27)19-21-9-6-5-7-10-21;1-3-4-8-20(2)18-30-28(33)27-31-25-16-13-23(22-11-14-24(29)15-12-22)17-26(25)32(27)19-21-9-6-5-7-10-21/h2*5-7,9-17,20H,3-4,8,18-19H2,1-2H3,(H,30,33)/t2*20-/m00/s1. The Morgan fingerprint density at radius 1 is 0.515 bits per heavy atom. The van der Waals surface area contributed by atoms with Crippen LogP contribution in [0.2, 0.25) is 0 Å². The number of benzene rings is 6. The summed E-state index contributed by atoms with van der Waals surface area (Å²) in [6, 6.07) is 44.8. The number of halogens is 2. The summed E-state index contributed by atoms with van der Waals surface area (Å²) in [7, 11) is 0. The largest absolute Gasteiger partial charge is 0.349 e. The molecule has 0 aliphatic rings. The zero-order valence-corrected chi connectivity index (χ0v) is 38.4. The fourth-order valence-corrected chi connectivity index (χ4v) is 8.10. The molecule has 0 bridgehead atoms. The van der Waals surface area contributed by atoms with Crippen LogP contribution < -0.4 is 10.6 Å². The van der Waals surface area contributed by atoms with Crippen LogP contribution in [0, 0.1) is 23.5 Å². The van der Waals surface area contributed by atoms with E-state index in [4.69, 9.17) is 4.98 Å². The third-order valence-corrected chi connectivity index (χ3v) is 11.9. The average Bonchev–Trinajstić information content (AvgIpc) is 3.89. The Kier molecular flexibility index (Phi) is 16.2. The summed E-state index contributed by atoms with van der Waals surface area (Å²) < 4.78 is 30.7. The number of aromatic nitrogens is 4. The van der Waals surface area contributed by atoms with E-state index in [0.717, 1.165) is 94.0 Å². The van der Waals surface area contributed by atoms with Crippen LogP contribution in [0.25, 0.3) is 44.3 Å². The van der Waals surface area contributed by atoms with Crippen LogP contribution in [0.5, 0.6) is 0 Å². The van der Waals surface area contributed by atoms with Crippen LogP contribution in [0.3, 0.4) is 0 Å². The minimum atomic E-state index is -0.265. The van der Waals surface area contributed by atoms with E-state index in [1.807, 2.05) is 106 Å². The molecule has 340 valence electrons. The van der Waals surface area contributed by atoms with E-state index in [2.05, 4.69) is 43.3 Å². The van der Waals surface area contributed by atoms with E-state index in [9.17, 15) is 18.4 Å². The van der Waals surface area contributed by atoms with Crippen molar-refractivity contribution in [2.24, 2.45) is 11.8 Å². The van der Waals surface area contributed by atoms with Crippen molar-refractivity contribution in [2.75, 3.05) is 13.1 Å². The highest BCUT2D eigenvalue weighted by molar-refractivity contribution is 5.97. The number of carbonyl (C=O) groups is 2. The lowest BCUT2D eigenvalue weighted by Crippen LogP contribution is -2.30. The zero-order valence-electron chi connectivity index (χ0n) is 38.4. The molecule has 2 aromatic heterocycles. The van der Waals surface area contributed by atoms with Crippen molar-refractivity contribution in [1.29, 1.82) is 0 Å². The van der Waals surface area contributed by atoms with Gasteiger partial charge in [0, 0.05) is 26.2 Å². The molecule has 0 saturated carbocycles. The smallest absolute Gasteiger partial charge is 0.287 e. The number of unbranched alkanes of at least 4 members (excludes halogenated alkanes) is 2. The number of amides is 2. The molecule has 8 rings (SSSR count). The van der Waals surface area contributed by atoms with Crippen LogP contribution in [-0.4, -0.2) is 44.0 Å². The molecule has 8 aromatic rings. The lowest BCUT2D eigenvalue weighted by Gasteiger charge is -2.13. The topological polar surface area (TPSA) is 93.8 Å². The van der Waals surface area contributed by atoms with Crippen molar-refractivity contribution >= 4 is 33.9 Å². The molecule has 2 N–H and O–H groups in total. The number of hydrogen-bond donors (Lipinski definition) is 2. The fraction of sp³-hybridized carbons (Fsp3) is 0.286. The van der Waals surface area contributed by atoms with Crippen LogP contribution in [0.15, 0.2) is 146 Å². The van der Waals surface area contributed by atoms with Crippen molar-refractivity contribution in [2.45, 2.75) is 79.3 Å². The Bertz CT molecular complexity index is 2790. The van der Waals surface area contributed by atoms with Crippen molar-refractivity contribution in [3.63, 3.8) is 0 Å². The van der Waals surface area contributed by atoms with Gasteiger partial charge in [0.2, 0.25) is 0 Å². The first-order valence-electron chi connectivity index (χ1n) is 23.3. The van der Waals surface area contributed by atoms with Gasteiger partial charge in [-0.05, 0) is 107 Å². The van der Waals surface area contributed by atoms with E-state index >= 15 is 0 Å². The summed E-state index contributed by atoms with van der Waals surface area (Å²) in [6.45, 7) is 11.0. The van der Waals surface area contributed by atoms with Gasteiger partial charge >= 0.3 is 0 Å². The fourth-order valence-electron chi connectivity index (χ4n) is 8.10. The van der Waals surface area contributed by atoms with Gasteiger partial charge < -0.3 is 19.8 Å². The second-order valence-electron chi connectivity index (χ2n) is 17.3. The molecule has 0 spiro atoms. The highest BCUT2D eigenvalue weighted by Gasteiger charge is 2.21. The number of nitrogens with zero attached hydrogens (tertiary/aromatic N) is 4. The molecule has 0 aliphatic carbocycles. The molecule has 2 heterocycles. The van der Waals surface area contributed by atoms with Gasteiger partial charge in [-0.25, -0.2) is 18.7 Å². The van der Waals surface area contributed by atoms with Crippen LogP contribution in [-0.2, 0) is 13.1 Å². The number of imidazole rings is 2. The summed E-state index contributed by atoms with van der Waals surface area (Å²) in [5.74, 6) is 0.820. The predicted molar refractivity (Wildman–Crippen MR) is 263 cm³/mol. The lowest BCUT2D eigenvalue weighted by molar-refractivity contribution is 0.0926. The average molecular weight is 887 g/mol. The second kappa shape index (κ2) is 22.8. The molecule has 6 aromatic carbocycles. The van der Waals surface area contributed by atoms with E-state index in [1.54, 1.807) is 24.3 Å². The molecule has 8 nitrogen and oxygen atoms in total. The summed E-state index contributed by atoms with van der Waals surface area (Å²) in [5.41, 5.74) is 9.20.